The summed E-state index contributed by atoms with van der Waals surface area (Å²) >= 11 is 2.02. The summed E-state index contributed by atoms with van der Waals surface area (Å²) in [6.07, 6.45) is 2.50. The molecule has 0 bridgehead atoms. The van der Waals surface area contributed by atoms with Crippen molar-refractivity contribution in [3.8, 4) is 5.75 Å². The first-order chi connectivity index (χ1) is 12.3. The van der Waals surface area contributed by atoms with Crippen LogP contribution < -0.4 is 4.74 Å². The molecule has 2 aromatic rings. The van der Waals surface area contributed by atoms with E-state index in [4.69, 9.17) is 9.73 Å². The van der Waals surface area contributed by atoms with Gasteiger partial charge in [0.1, 0.15) is 11.6 Å². The molecular weight excluding hydrogens is 328 g/mol. The molecule has 2 aliphatic rings. The number of hydrogen-bond donors (Lipinski definition) is 0. The molecule has 4 heteroatoms. The second-order valence-corrected chi connectivity index (χ2v) is 7.84. The van der Waals surface area contributed by atoms with Gasteiger partial charge in [0.05, 0.1) is 18.4 Å². The summed E-state index contributed by atoms with van der Waals surface area (Å²) in [5.41, 5.74) is 2.68. The molecule has 3 nitrogen and oxygen atoms in total. The van der Waals surface area contributed by atoms with E-state index in [0.29, 0.717) is 11.3 Å². The van der Waals surface area contributed by atoms with Gasteiger partial charge in [0, 0.05) is 18.8 Å². The van der Waals surface area contributed by atoms with Gasteiger partial charge in [-0.1, -0.05) is 42.5 Å². The van der Waals surface area contributed by atoms with Crippen LogP contribution in [0.4, 0.5) is 0 Å². The van der Waals surface area contributed by atoms with Crippen molar-refractivity contribution >= 4 is 17.6 Å². The zero-order chi connectivity index (χ0) is 17.1. The van der Waals surface area contributed by atoms with Gasteiger partial charge in [-0.2, -0.15) is 0 Å². The number of fused-ring (bicyclic) bond motifs is 1. The summed E-state index contributed by atoms with van der Waals surface area (Å²) in [5, 5.41) is 0.518. The Balaban J connectivity index is 1.44. The third-order valence-corrected chi connectivity index (χ3v) is 6.33. The smallest absolute Gasteiger partial charge is 0.118 e. The van der Waals surface area contributed by atoms with Crippen LogP contribution in [0, 0.1) is 0 Å². The van der Waals surface area contributed by atoms with Crippen molar-refractivity contribution in [3.05, 3.63) is 65.7 Å². The van der Waals surface area contributed by atoms with E-state index in [2.05, 4.69) is 47.4 Å². The maximum Gasteiger partial charge on any atom is 0.118 e. The summed E-state index contributed by atoms with van der Waals surface area (Å²) in [5.74, 6) is 3.26. The molecule has 2 aromatic carbocycles. The van der Waals surface area contributed by atoms with Gasteiger partial charge in [-0.15, -0.1) is 11.8 Å². The third kappa shape index (κ3) is 3.69. The number of thioether (sulfide) groups is 1. The van der Waals surface area contributed by atoms with Crippen molar-refractivity contribution in [2.75, 3.05) is 20.2 Å². The molecule has 25 heavy (non-hydrogen) atoms. The van der Waals surface area contributed by atoms with Gasteiger partial charge in [-0.05, 0) is 36.1 Å². The van der Waals surface area contributed by atoms with Crippen LogP contribution in [0.2, 0.25) is 0 Å². The Hall–Kier alpha value is -1.94. The lowest BCUT2D eigenvalue weighted by Gasteiger charge is -2.31. The van der Waals surface area contributed by atoms with E-state index < -0.39 is 0 Å². The van der Waals surface area contributed by atoms with Crippen LogP contribution in [-0.4, -0.2) is 36.2 Å². The van der Waals surface area contributed by atoms with Crippen molar-refractivity contribution in [2.24, 2.45) is 4.99 Å². The SMILES string of the molecule is COc1ccc(CSC2CCCN3CC(c4ccccc4)N=C23)cc1. The monoisotopic (exact) mass is 352 g/mol. The molecule has 1 fully saturated rings. The number of amidine groups is 1. The van der Waals surface area contributed by atoms with Gasteiger partial charge < -0.3 is 9.64 Å². The fourth-order valence-electron chi connectivity index (χ4n) is 3.61. The second-order valence-electron chi connectivity index (χ2n) is 6.65. The second kappa shape index (κ2) is 7.52. The quantitative estimate of drug-likeness (QED) is 0.789. The molecule has 0 spiro atoms. The van der Waals surface area contributed by atoms with E-state index in [1.807, 2.05) is 23.9 Å². The molecule has 2 atom stereocenters. The molecule has 2 unspecified atom stereocenters. The number of rotatable bonds is 5. The van der Waals surface area contributed by atoms with Crippen molar-refractivity contribution in [1.29, 1.82) is 0 Å². The average molecular weight is 353 g/mol. The van der Waals surface area contributed by atoms with Crippen LogP contribution in [0.3, 0.4) is 0 Å². The van der Waals surface area contributed by atoms with E-state index in [0.717, 1.165) is 24.6 Å². The Kier molecular flexibility index (Phi) is 4.97. The Morgan fingerprint density at radius 3 is 2.68 bits per heavy atom. The van der Waals surface area contributed by atoms with Crippen molar-refractivity contribution in [1.82, 2.24) is 4.90 Å². The van der Waals surface area contributed by atoms with Crippen LogP contribution in [0.5, 0.6) is 5.75 Å². The molecule has 0 N–H and O–H groups in total. The minimum atomic E-state index is 0.304. The highest BCUT2D eigenvalue weighted by Gasteiger charge is 2.34. The molecular formula is C21H24N2OS. The number of methoxy groups -OCH3 is 1. The van der Waals surface area contributed by atoms with Crippen LogP contribution in [0.1, 0.15) is 30.0 Å². The topological polar surface area (TPSA) is 24.8 Å². The van der Waals surface area contributed by atoms with Gasteiger partial charge >= 0.3 is 0 Å². The third-order valence-electron chi connectivity index (χ3n) is 4.98. The molecule has 0 saturated carbocycles. The zero-order valence-corrected chi connectivity index (χ0v) is 15.4. The molecule has 4 rings (SSSR count). The van der Waals surface area contributed by atoms with Gasteiger partial charge in [-0.25, -0.2) is 0 Å². The van der Waals surface area contributed by atoms with Crippen LogP contribution in [0.15, 0.2) is 59.6 Å². The van der Waals surface area contributed by atoms with Gasteiger partial charge in [-0.3, -0.25) is 4.99 Å². The first-order valence-electron chi connectivity index (χ1n) is 8.95. The number of benzene rings is 2. The van der Waals surface area contributed by atoms with E-state index >= 15 is 0 Å². The summed E-state index contributed by atoms with van der Waals surface area (Å²) in [6.45, 7) is 2.20. The van der Waals surface area contributed by atoms with Gasteiger partial charge in [0.25, 0.3) is 0 Å². The fraction of sp³-hybridized carbons (Fsp3) is 0.381. The van der Waals surface area contributed by atoms with Crippen molar-refractivity contribution < 1.29 is 4.74 Å². The molecule has 0 aromatic heterocycles. The van der Waals surface area contributed by atoms with Crippen LogP contribution in [0.25, 0.3) is 0 Å². The first-order valence-corrected chi connectivity index (χ1v) is 10.0. The molecule has 2 aliphatic heterocycles. The van der Waals surface area contributed by atoms with Gasteiger partial charge in [0.15, 0.2) is 0 Å². The molecule has 2 heterocycles. The Labute approximate surface area is 154 Å². The number of ether oxygens (including phenoxy) is 1. The molecule has 0 radical (unpaired) electrons. The van der Waals surface area contributed by atoms with E-state index in [1.165, 1.54) is 29.8 Å². The van der Waals surface area contributed by atoms with E-state index in [1.54, 1.807) is 7.11 Å². The lowest BCUT2D eigenvalue weighted by molar-refractivity contribution is 0.387. The number of hydrogen-bond acceptors (Lipinski definition) is 4. The Morgan fingerprint density at radius 1 is 1.12 bits per heavy atom. The van der Waals surface area contributed by atoms with Gasteiger partial charge in [0.2, 0.25) is 0 Å². The molecule has 0 aliphatic carbocycles. The van der Waals surface area contributed by atoms with E-state index in [9.17, 15) is 0 Å². The summed E-state index contributed by atoms with van der Waals surface area (Å²) in [4.78, 5) is 7.61. The predicted molar refractivity (Wildman–Crippen MR) is 106 cm³/mol. The van der Waals surface area contributed by atoms with Crippen LogP contribution >= 0.6 is 11.8 Å². The normalized spacial score (nSPS) is 22.4. The largest absolute Gasteiger partial charge is 0.497 e. The summed E-state index contributed by atoms with van der Waals surface area (Å²) in [6, 6.07) is 19.4. The van der Waals surface area contributed by atoms with Crippen molar-refractivity contribution in [2.45, 2.75) is 29.9 Å². The maximum absolute atomic E-state index is 5.24. The number of nitrogens with zero attached hydrogens (tertiary/aromatic N) is 2. The Bertz CT molecular complexity index is 729. The highest BCUT2D eigenvalue weighted by molar-refractivity contribution is 7.99. The average Bonchev–Trinajstić information content (AvgIpc) is 3.12. The van der Waals surface area contributed by atoms with E-state index in [-0.39, 0.29) is 0 Å². The highest BCUT2D eigenvalue weighted by atomic mass is 32.2. The van der Waals surface area contributed by atoms with Crippen molar-refractivity contribution in [3.63, 3.8) is 0 Å². The lowest BCUT2D eigenvalue weighted by atomic mass is 10.1. The maximum atomic E-state index is 5.24. The molecule has 1 saturated heterocycles. The fourth-order valence-corrected chi connectivity index (χ4v) is 4.88. The zero-order valence-electron chi connectivity index (χ0n) is 14.6. The lowest BCUT2D eigenvalue weighted by Crippen LogP contribution is -2.40. The minimum absolute atomic E-state index is 0.304. The highest BCUT2D eigenvalue weighted by Crippen LogP contribution is 2.34. The standard InChI is InChI=1S/C21H24N2OS/c1-24-18-11-9-16(10-12-18)15-25-20-8-5-13-23-14-19(22-21(20)23)17-6-3-2-4-7-17/h2-4,6-7,9-12,19-20H,5,8,13-15H2,1H3. The van der Waals surface area contributed by atoms with Crippen LogP contribution in [-0.2, 0) is 5.75 Å². The molecule has 130 valence electrons. The number of piperidine rings is 1. The minimum Gasteiger partial charge on any atom is -0.497 e. The number of aliphatic imine (C=N–C) groups is 1. The molecule has 0 amide bonds. The Morgan fingerprint density at radius 2 is 1.92 bits per heavy atom. The first kappa shape index (κ1) is 16.5. The summed E-state index contributed by atoms with van der Waals surface area (Å²) in [7, 11) is 1.71. The predicted octanol–water partition coefficient (Wildman–Crippen LogP) is 4.55. The summed E-state index contributed by atoms with van der Waals surface area (Å²) < 4.78 is 5.24.